The van der Waals surface area contributed by atoms with Crippen LogP contribution in [0.2, 0.25) is 0 Å². The van der Waals surface area contributed by atoms with E-state index in [9.17, 15) is 14.9 Å². The van der Waals surface area contributed by atoms with Crippen molar-refractivity contribution in [3.63, 3.8) is 0 Å². The van der Waals surface area contributed by atoms with E-state index in [2.05, 4.69) is 10.2 Å². The van der Waals surface area contributed by atoms with Crippen molar-refractivity contribution in [1.82, 2.24) is 4.90 Å². The molecular weight excluding hydrogens is 342 g/mol. The fraction of sp³-hybridized carbons (Fsp3) is 0.381. The Labute approximate surface area is 159 Å². The van der Waals surface area contributed by atoms with Crippen LogP contribution < -0.4 is 5.32 Å². The van der Waals surface area contributed by atoms with E-state index in [1.807, 2.05) is 42.5 Å². The number of rotatable bonds is 7. The predicted octanol–water partition coefficient (Wildman–Crippen LogP) is 3.67. The molecule has 1 saturated heterocycles. The van der Waals surface area contributed by atoms with Crippen molar-refractivity contribution < 1.29 is 9.72 Å². The van der Waals surface area contributed by atoms with Crippen molar-refractivity contribution in [2.24, 2.45) is 0 Å². The molecule has 27 heavy (non-hydrogen) atoms. The fourth-order valence-corrected chi connectivity index (χ4v) is 3.70. The summed E-state index contributed by atoms with van der Waals surface area (Å²) in [5.41, 5.74) is 1.36. The second-order valence-corrected chi connectivity index (χ2v) is 7.11. The minimum absolute atomic E-state index is 0.157. The molecule has 1 N–H and O–H groups in total. The van der Waals surface area contributed by atoms with Gasteiger partial charge in [-0.1, -0.05) is 36.4 Å². The highest BCUT2D eigenvalue weighted by molar-refractivity contribution is 5.89. The third-order valence-electron chi connectivity index (χ3n) is 5.43. The Bertz CT molecular complexity index is 799. The van der Waals surface area contributed by atoms with Crippen LogP contribution in [-0.2, 0) is 11.2 Å². The van der Waals surface area contributed by atoms with E-state index in [4.69, 9.17) is 0 Å². The minimum Gasteiger partial charge on any atom is -0.373 e. The molecule has 0 aromatic heterocycles. The summed E-state index contributed by atoms with van der Waals surface area (Å²) in [5, 5.41) is 14.6. The molecule has 0 aliphatic carbocycles. The van der Waals surface area contributed by atoms with Gasteiger partial charge >= 0.3 is 0 Å². The standard InChI is InChI=1S/C21H25N3O3/c1-17(25)21(22-19-8-3-2-4-9-19)12-15-23(16-13-21)14-11-18-7-5-6-10-20(18)24(26)27/h2-10,22H,11-16H2,1H3. The lowest BCUT2D eigenvalue weighted by Crippen LogP contribution is -2.53. The molecule has 2 aromatic rings. The molecule has 1 fully saturated rings. The molecule has 0 atom stereocenters. The van der Waals surface area contributed by atoms with E-state index in [1.165, 1.54) is 0 Å². The van der Waals surface area contributed by atoms with Crippen LogP contribution in [0, 0.1) is 10.1 Å². The largest absolute Gasteiger partial charge is 0.373 e. The summed E-state index contributed by atoms with van der Waals surface area (Å²) in [5.74, 6) is 0.157. The first-order chi connectivity index (χ1) is 13.0. The summed E-state index contributed by atoms with van der Waals surface area (Å²) < 4.78 is 0. The number of para-hydroxylation sites is 2. The van der Waals surface area contributed by atoms with Crippen LogP contribution in [0.15, 0.2) is 54.6 Å². The Kier molecular flexibility index (Phi) is 5.86. The van der Waals surface area contributed by atoms with Gasteiger partial charge in [0.05, 0.1) is 10.5 Å². The number of hydrogen-bond donors (Lipinski definition) is 1. The summed E-state index contributed by atoms with van der Waals surface area (Å²) in [6, 6.07) is 16.7. The average Bonchev–Trinajstić information content (AvgIpc) is 2.68. The summed E-state index contributed by atoms with van der Waals surface area (Å²) in [4.78, 5) is 25.5. The summed E-state index contributed by atoms with van der Waals surface area (Å²) in [7, 11) is 0. The number of carbonyl (C=O) groups excluding carboxylic acids is 1. The molecule has 6 nitrogen and oxygen atoms in total. The molecular formula is C21H25N3O3. The topological polar surface area (TPSA) is 75.5 Å². The number of likely N-dealkylation sites (tertiary alicyclic amines) is 1. The van der Waals surface area contributed by atoms with Gasteiger partial charge in [0.15, 0.2) is 5.78 Å². The number of anilines is 1. The summed E-state index contributed by atoms with van der Waals surface area (Å²) >= 11 is 0. The van der Waals surface area contributed by atoms with E-state index in [1.54, 1.807) is 19.1 Å². The summed E-state index contributed by atoms with van der Waals surface area (Å²) in [6.07, 6.45) is 2.10. The molecule has 0 unspecified atom stereocenters. The highest BCUT2D eigenvalue weighted by atomic mass is 16.6. The highest BCUT2D eigenvalue weighted by Gasteiger charge is 2.38. The third-order valence-corrected chi connectivity index (χ3v) is 5.43. The van der Waals surface area contributed by atoms with Gasteiger partial charge < -0.3 is 10.2 Å². The monoisotopic (exact) mass is 367 g/mol. The molecule has 0 amide bonds. The molecule has 1 heterocycles. The number of nitrogens with zero attached hydrogens (tertiary/aromatic N) is 2. The molecule has 0 bridgehead atoms. The molecule has 1 aliphatic heterocycles. The van der Waals surface area contributed by atoms with Crippen LogP contribution in [0.5, 0.6) is 0 Å². The number of carbonyl (C=O) groups is 1. The number of piperidine rings is 1. The number of hydrogen-bond acceptors (Lipinski definition) is 5. The third kappa shape index (κ3) is 4.52. The lowest BCUT2D eigenvalue weighted by molar-refractivity contribution is -0.385. The molecule has 1 aliphatic rings. The van der Waals surface area contributed by atoms with Crippen LogP contribution >= 0.6 is 0 Å². The van der Waals surface area contributed by atoms with E-state index in [0.29, 0.717) is 6.42 Å². The van der Waals surface area contributed by atoms with Crippen LogP contribution in [0.4, 0.5) is 11.4 Å². The maximum atomic E-state index is 12.4. The van der Waals surface area contributed by atoms with Crippen molar-refractivity contribution in [3.05, 3.63) is 70.3 Å². The van der Waals surface area contributed by atoms with Gasteiger partial charge in [-0.05, 0) is 38.3 Å². The van der Waals surface area contributed by atoms with Crippen LogP contribution in [0.3, 0.4) is 0 Å². The minimum atomic E-state index is -0.531. The Balaban J connectivity index is 1.60. The second-order valence-electron chi connectivity index (χ2n) is 7.11. The maximum absolute atomic E-state index is 12.4. The number of nitro benzene ring substituents is 1. The zero-order valence-electron chi connectivity index (χ0n) is 15.6. The van der Waals surface area contributed by atoms with E-state index in [-0.39, 0.29) is 16.4 Å². The first kappa shape index (κ1) is 19.0. The molecule has 2 aromatic carbocycles. The fourth-order valence-electron chi connectivity index (χ4n) is 3.70. The van der Waals surface area contributed by atoms with Gasteiger partial charge in [-0.3, -0.25) is 14.9 Å². The van der Waals surface area contributed by atoms with Crippen molar-refractivity contribution >= 4 is 17.2 Å². The Hall–Kier alpha value is -2.73. The number of nitro groups is 1. The SMILES string of the molecule is CC(=O)C1(Nc2ccccc2)CCN(CCc2ccccc2[N+](=O)[O-])CC1. The van der Waals surface area contributed by atoms with Crippen LogP contribution in [-0.4, -0.2) is 40.8 Å². The summed E-state index contributed by atoms with van der Waals surface area (Å²) in [6.45, 7) is 3.99. The molecule has 0 radical (unpaired) electrons. The Morgan fingerprint density at radius 2 is 1.74 bits per heavy atom. The normalized spacial score (nSPS) is 16.6. The number of Topliss-reactive ketones (excluding diaryl/α,β-unsaturated/α-hetero) is 1. The smallest absolute Gasteiger partial charge is 0.272 e. The number of nitrogens with one attached hydrogen (secondary N) is 1. The maximum Gasteiger partial charge on any atom is 0.272 e. The number of benzene rings is 2. The van der Waals surface area contributed by atoms with Gasteiger partial charge in [0, 0.05) is 37.0 Å². The van der Waals surface area contributed by atoms with E-state index < -0.39 is 5.54 Å². The van der Waals surface area contributed by atoms with Gasteiger partial charge in [-0.2, -0.15) is 0 Å². The molecule has 6 heteroatoms. The zero-order valence-corrected chi connectivity index (χ0v) is 15.6. The van der Waals surface area contributed by atoms with E-state index >= 15 is 0 Å². The van der Waals surface area contributed by atoms with Gasteiger partial charge in [0.2, 0.25) is 0 Å². The molecule has 0 saturated carbocycles. The van der Waals surface area contributed by atoms with E-state index in [0.717, 1.165) is 43.7 Å². The Morgan fingerprint density at radius 1 is 1.11 bits per heavy atom. The predicted molar refractivity (Wildman–Crippen MR) is 106 cm³/mol. The quantitative estimate of drug-likeness (QED) is 0.597. The lowest BCUT2D eigenvalue weighted by atomic mass is 9.83. The van der Waals surface area contributed by atoms with Gasteiger partial charge in [0.25, 0.3) is 5.69 Å². The van der Waals surface area contributed by atoms with Crippen LogP contribution in [0.1, 0.15) is 25.3 Å². The first-order valence-electron chi connectivity index (χ1n) is 9.29. The van der Waals surface area contributed by atoms with Gasteiger partial charge in [0.1, 0.15) is 0 Å². The van der Waals surface area contributed by atoms with Crippen LogP contribution in [0.25, 0.3) is 0 Å². The van der Waals surface area contributed by atoms with Gasteiger partial charge in [-0.15, -0.1) is 0 Å². The lowest BCUT2D eigenvalue weighted by Gasteiger charge is -2.41. The van der Waals surface area contributed by atoms with Crippen molar-refractivity contribution in [3.8, 4) is 0 Å². The first-order valence-corrected chi connectivity index (χ1v) is 9.29. The molecule has 142 valence electrons. The van der Waals surface area contributed by atoms with Crippen molar-refractivity contribution in [2.45, 2.75) is 31.7 Å². The second kappa shape index (κ2) is 8.31. The van der Waals surface area contributed by atoms with Crippen molar-refractivity contribution in [1.29, 1.82) is 0 Å². The Morgan fingerprint density at radius 3 is 2.37 bits per heavy atom. The molecule has 0 spiro atoms. The highest BCUT2D eigenvalue weighted by Crippen LogP contribution is 2.28. The number of ketones is 1. The average molecular weight is 367 g/mol. The van der Waals surface area contributed by atoms with Gasteiger partial charge in [-0.25, -0.2) is 0 Å². The molecule has 3 rings (SSSR count). The van der Waals surface area contributed by atoms with Crippen molar-refractivity contribution in [2.75, 3.05) is 25.0 Å². The zero-order chi connectivity index (χ0) is 19.3.